The van der Waals surface area contributed by atoms with Crippen LogP contribution in [-0.2, 0) is 17.6 Å². The van der Waals surface area contributed by atoms with Crippen LogP contribution in [0.25, 0.3) is 0 Å². The van der Waals surface area contributed by atoms with Crippen LogP contribution in [-0.4, -0.2) is 47.1 Å². The Labute approximate surface area is 163 Å². The Kier molecular flexibility index (Phi) is 6.68. The van der Waals surface area contributed by atoms with Crippen molar-refractivity contribution in [2.24, 2.45) is 5.41 Å². The van der Waals surface area contributed by atoms with Gasteiger partial charge in [0, 0.05) is 30.6 Å². The average molecular weight is 375 g/mol. The molecule has 0 aliphatic carbocycles. The van der Waals surface area contributed by atoms with Gasteiger partial charge >= 0.3 is 0 Å². The molecule has 0 atom stereocenters. The van der Waals surface area contributed by atoms with E-state index >= 15 is 0 Å². The summed E-state index contributed by atoms with van der Waals surface area (Å²) < 4.78 is 0. The van der Waals surface area contributed by atoms with Gasteiger partial charge in [-0.25, -0.2) is 0 Å². The summed E-state index contributed by atoms with van der Waals surface area (Å²) in [7, 11) is 0. The quantitative estimate of drug-likeness (QED) is 0.832. The van der Waals surface area contributed by atoms with Gasteiger partial charge in [0.25, 0.3) is 5.91 Å². The van der Waals surface area contributed by atoms with Crippen LogP contribution in [0.1, 0.15) is 68.9 Å². The summed E-state index contributed by atoms with van der Waals surface area (Å²) in [5, 5.41) is 13.6. The topological polar surface area (TPSA) is 69.6 Å². The number of aryl methyl sites for hydroxylation is 2. The second-order valence-corrected chi connectivity index (χ2v) is 8.64. The minimum absolute atomic E-state index is 0.0214. The SMILES string of the molecule is CCc1ccc(C(=O)N2CCC(O)(CNC(=O)C(C)(C)C)CC2)cc1CC. The van der Waals surface area contributed by atoms with Gasteiger partial charge in [0.15, 0.2) is 0 Å². The van der Waals surface area contributed by atoms with Crippen LogP contribution in [0.15, 0.2) is 18.2 Å². The first-order valence-electron chi connectivity index (χ1n) is 10.0. The molecule has 0 spiro atoms. The molecule has 1 aromatic carbocycles. The van der Waals surface area contributed by atoms with E-state index in [4.69, 9.17) is 0 Å². The van der Waals surface area contributed by atoms with Crippen molar-refractivity contribution in [1.82, 2.24) is 10.2 Å². The lowest BCUT2D eigenvalue weighted by molar-refractivity contribution is -0.130. The van der Waals surface area contributed by atoms with Crippen LogP contribution in [0.2, 0.25) is 0 Å². The van der Waals surface area contributed by atoms with Gasteiger partial charge in [0.2, 0.25) is 5.91 Å². The fourth-order valence-electron chi connectivity index (χ4n) is 3.43. The van der Waals surface area contributed by atoms with E-state index in [9.17, 15) is 14.7 Å². The molecular formula is C22H34N2O3. The minimum Gasteiger partial charge on any atom is -0.388 e. The smallest absolute Gasteiger partial charge is 0.253 e. The van der Waals surface area contributed by atoms with Crippen LogP contribution >= 0.6 is 0 Å². The highest BCUT2D eigenvalue weighted by atomic mass is 16.3. The highest BCUT2D eigenvalue weighted by Crippen LogP contribution is 2.24. The first kappa shape index (κ1) is 21.4. The fourth-order valence-corrected chi connectivity index (χ4v) is 3.43. The van der Waals surface area contributed by atoms with E-state index in [-0.39, 0.29) is 18.4 Å². The number of likely N-dealkylation sites (tertiary alicyclic amines) is 1. The molecule has 1 fully saturated rings. The van der Waals surface area contributed by atoms with E-state index in [1.807, 2.05) is 39.0 Å². The summed E-state index contributed by atoms with van der Waals surface area (Å²) in [6.07, 6.45) is 2.82. The second-order valence-electron chi connectivity index (χ2n) is 8.64. The lowest BCUT2D eigenvalue weighted by Gasteiger charge is -2.38. The number of carbonyl (C=O) groups is 2. The number of carbonyl (C=O) groups excluding carboxylic acids is 2. The molecule has 5 nitrogen and oxygen atoms in total. The third-order valence-electron chi connectivity index (χ3n) is 5.46. The Hall–Kier alpha value is -1.88. The molecule has 5 heteroatoms. The largest absolute Gasteiger partial charge is 0.388 e. The zero-order valence-electron chi connectivity index (χ0n) is 17.4. The van der Waals surface area contributed by atoms with E-state index in [2.05, 4.69) is 19.2 Å². The first-order chi connectivity index (χ1) is 12.6. The number of benzene rings is 1. The van der Waals surface area contributed by atoms with E-state index < -0.39 is 11.0 Å². The number of aliphatic hydroxyl groups is 1. The van der Waals surface area contributed by atoms with Gasteiger partial charge in [-0.2, -0.15) is 0 Å². The molecule has 0 aromatic heterocycles. The maximum absolute atomic E-state index is 12.9. The van der Waals surface area contributed by atoms with Crippen molar-refractivity contribution in [2.75, 3.05) is 19.6 Å². The van der Waals surface area contributed by atoms with Crippen LogP contribution in [0, 0.1) is 5.41 Å². The molecular weight excluding hydrogens is 340 g/mol. The van der Waals surface area contributed by atoms with Gasteiger partial charge in [-0.3, -0.25) is 9.59 Å². The lowest BCUT2D eigenvalue weighted by atomic mass is 9.89. The third kappa shape index (κ3) is 5.32. The highest BCUT2D eigenvalue weighted by molar-refractivity contribution is 5.94. The molecule has 27 heavy (non-hydrogen) atoms. The van der Waals surface area contributed by atoms with E-state index in [1.54, 1.807) is 4.90 Å². The zero-order valence-corrected chi connectivity index (χ0v) is 17.4. The maximum Gasteiger partial charge on any atom is 0.253 e. The normalized spacial score (nSPS) is 16.9. The number of rotatable bonds is 5. The van der Waals surface area contributed by atoms with Gasteiger partial charge in [-0.1, -0.05) is 40.7 Å². The number of nitrogens with zero attached hydrogens (tertiary/aromatic N) is 1. The molecule has 150 valence electrons. The van der Waals surface area contributed by atoms with Gasteiger partial charge < -0.3 is 15.3 Å². The Morgan fingerprint density at radius 2 is 1.70 bits per heavy atom. The summed E-state index contributed by atoms with van der Waals surface area (Å²) in [6, 6.07) is 5.96. The molecule has 0 bridgehead atoms. The molecule has 2 rings (SSSR count). The summed E-state index contributed by atoms with van der Waals surface area (Å²) in [5.74, 6) is -0.0503. The molecule has 2 N–H and O–H groups in total. The minimum atomic E-state index is -0.946. The molecule has 0 saturated carbocycles. The predicted octanol–water partition coefficient (Wildman–Crippen LogP) is 2.94. The Balaban J connectivity index is 1.96. The van der Waals surface area contributed by atoms with Gasteiger partial charge in [0.1, 0.15) is 0 Å². The van der Waals surface area contributed by atoms with E-state index in [0.717, 1.165) is 18.4 Å². The third-order valence-corrected chi connectivity index (χ3v) is 5.46. The summed E-state index contributed by atoms with van der Waals surface area (Å²) >= 11 is 0. The van der Waals surface area contributed by atoms with Crippen LogP contribution < -0.4 is 5.32 Å². The number of nitrogens with one attached hydrogen (secondary N) is 1. The molecule has 0 unspecified atom stereocenters. The Morgan fingerprint density at radius 3 is 2.22 bits per heavy atom. The average Bonchev–Trinajstić information content (AvgIpc) is 2.64. The number of amides is 2. The van der Waals surface area contributed by atoms with Crippen molar-refractivity contribution in [1.29, 1.82) is 0 Å². The summed E-state index contributed by atoms with van der Waals surface area (Å²) in [4.78, 5) is 26.7. The van der Waals surface area contributed by atoms with Crippen LogP contribution in [0.5, 0.6) is 0 Å². The monoisotopic (exact) mass is 374 g/mol. The van der Waals surface area contributed by atoms with Crippen molar-refractivity contribution < 1.29 is 14.7 Å². The van der Waals surface area contributed by atoms with Crippen molar-refractivity contribution >= 4 is 11.8 Å². The molecule has 1 aliphatic heterocycles. The van der Waals surface area contributed by atoms with E-state index in [1.165, 1.54) is 11.1 Å². The first-order valence-corrected chi connectivity index (χ1v) is 10.0. The van der Waals surface area contributed by atoms with Gasteiger partial charge in [-0.15, -0.1) is 0 Å². The molecule has 1 aromatic rings. The predicted molar refractivity (Wildman–Crippen MR) is 108 cm³/mol. The number of piperidine rings is 1. The zero-order chi connectivity index (χ0) is 20.2. The summed E-state index contributed by atoms with van der Waals surface area (Å²) in [5.41, 5.74) is 1.81. The van der Waals surface area contributed by atoms with Crippen molar-refractivity contribution in [2.45, 2.75) is 65.9 Å². The van der Waals surface area contributed by atoms with Crippen molar-refractivity contribution in [3.8, 4) is 0 Å². The number of hydrogen-bond donors (Lipinski definition) is 2. The van der Waals surface area contributed by atoms with E-state index in [0.29, 0.717) is 25.9 Å². The molecule has 1 aliphatic rings. The van der Waals surface area contributed by atoms with Crippen molar-refractivity contribution in [3.05, 3.63) is 34.9 Å². The highest BCUT2D eigenvalue weighted by Gasteiger charge is 2.35. The van der Waals surface area contributed by atoms with Crippen LogP contribution in [0.3, 0.4) is 0 Å². The lowest BCUT2D eigenvalue weighted by Crippen LogP contribution is -2.53. The van der Waals surface area contributed by atoms with Crippen molar-refractivity contribution in [3.63, 3.8) is 0 Å². The number of hydrogen-bond acceptors (Lipinski definition) is 3. The molecule has 2 amide bonds. The fraction of sp³-hybridized carbons (Fsp3) is 0.636. The Morgan fingerprint density at radius 1 is 1.11 bits per heavy atom. The Bertz CT molecular complexity index is 683. The maximum atomic E-state index is 12.9. The summed E-state index contributed by atoms with van der Waals surface area (Å²) in [6.45, 7) is 11.0. The molecule has 1 saturated heterocycles. The standard InChI is InChI=1S/C22H34N2O3/c1-6-16-8-9-18(14-17(16)7-2)19(25)24-12-10-22(27,11-13-24)15-23-20(26)21(3,4)5/h8-9,14,27H,6-7,10-13,15H2,1-5H3,(H,23,26). The van der Waals surface area contributed by atoms with Crippen LogP contribution in [0.4, 0.5) is 0 Å². The molecule has 0 radical (unpaired) electrons. The molecule has 1 heterocycles. The second kappa shape index (κ2) is 8.42. The van der Waals surface area contributed by atoms with Gasteiger partial charge in [0.05, 0.1) is 5.60 Å². The van der Waals surface area contributed by atoms with Gasteiger partial charge in [-0.05, 0) is 48.9 Å².